The summed E-state index contributed by atoms with van der Waals surface area (Å²) in [6.07, 6.45) is 3.67. The van der Waals surface area contributed by atoms with Crippen LogP contribution in [0.25, 0.3) is 0 Å². The number of piperidine rings is 1. The third-order valence-corrected chi connectivity index (χ3v) is 3.53. The zero-order valence-corrected chi connectivity index (χ0v) is 11.6. The number of rotatable bonds is 2. The lowest BCUT2D eigenvalue weighted by Crippen LogP contribution is -2.39. The second kappa shape index (κ2) is 5.07. The average Bonchev–Trinajstić information content (AvgIpc) is 3.07. The molecular formula is C13H17N5O2. The Morgan fingerprint density at radius 1 is 1.50 bits per heavy atom. The predicted octanol–water partition coefficient (Wildman–Crippen LogP) is 1.13. The molecule has 0 saturated carbocycles. The Kier molecular flexibility index (Phi) is 3.25. The standard InChI is InChI=1S/C13H17N5O2/c1-9-14-12(20-16-9)10-4-3-6-18(8-10)13(19)11-5-7-17(2)15-11/h5,7,10H,3-4,6,8H2,1-2H3/t10-/m0/s1. The van der Waals surface area contributed by atoms with Crippen LogP contribution in [0.3, 0.4) is 0 Å². The van der Waals surface area contributed by atoms with Crippen LogP contribution in [0.2, 0.25) is 0 Å². The first-order valence-corrected chi connectivity index (χ1v) is 6.72. The van der Waals surface area contributed by atoms with Crippen molar-refractivity contribution in [3.8, 4) is 0 Å². The third kappa shape index (κ3) is 2.43. The van der Waals surface area contributed by atoms with Crippen LogP contribution in [0.15, 0.2) is 16.8 Å². The zero-order chi connectivity index (χ0) is 14.1. The zero-order valence-electron chi connectivity index (χ0n) is 11.6. The fourth-order valence-corrected chi connectivity index (χ4v) is 2.53. The van der Waals surface area contributed by atoms with Crippen molar-refractivity contribution in [2.45, 2.75) is 25.7 Å². The van der Waals surface area contributed by atoms with Crippen molar-refractivity contribution < 1.29 is 9.32 Å². The summed E-state index contributed by atoms with van der Waals surface area (Å²) in [5.41, 5.74) is 0.481. The molecule has 7 heteroatoms. The Bertz CT molecular complexity index is 618. The largest absolute Gasteiger partial charge is 0.339 e. The molecule has 1 saturated heterocycles. The van der Waals surface area contributed by atoms with Gasteiger partial charge in [0.05, 0.1) is 5.92 Å². The highest BCUT2D eigenvalue weighted by atomic mass is 16.5. The molecule has 1 fully saturated rings. The minimum atomic E-state index is -0.0356. The lowest BCUT2D eigenvalue weighted by Gasteiger charge is -2.30. The van der Waals surface area contributed by atoms with Crippen molar-refractivity contribution in [3.05, 3.63) is 29.7 Å². The summed E-state index contributed by atoms with van der Waals surface area (Å²) in [6, 6.07) is 1.74. The number of nitrogens with zero attached hydrogens (tertiary/aromatic N) is 5. The number of hydrogen-bond donors (Lipinski definition) is 0. The Labute approximate surface area is 116 Å². The molecule has 0 aliphatic carbocycles. The number of likely N-dealkylation sites (tertiary alicyclic amines) is 1. The highest BCUT2D eigenvalue weighted by molar-refractivity contribution is 5.92. The van der Waals surface area contributed by atoms with Crippen LogP contribution >= 0.6 is 0 Å². The third-order valence-electron chi connectivity index (χ3n) is 3.53. The molecule has 20 heavy (non-hydrogen) atoms. The highest BCUT2D eigenvalue weighted by Gasteiger charge is 2.29. The first kappa shape index (κ1) is 12.8. The van der Waals surface area contributed by atoms with Crippen LogP contribution in [0.1, 0.15) is 41.0 Å². The Morgan fingerprint density at radius 3 is 3.00 bits per heavy atom. The molecule has 0 unspecified atom stereocenters. The van der Waals surface area contributed by atoms with E-state index in [1.54, 1.807) is 30.9 Å². The minimum Gasteiger partial charge on any atom is -0.339 e. The van der Waals surface area contributed by atoms with E-state index in [0.29, 0.717) is 24.0 Å². The monoisotopic (exact) mass is 275 g/mol. The maximum Gasteiger partial charge on any atom is 0.274 e. The number of amides is 1. The van der Waals surface area contributed by atoms with E-state index in [9.17, 15) is 4.79 Å². The molecular weight excluding hydrogens is 258 g/mol. The van der Waals surface area contributed by atoms with Crippen LogP contribution < -0.4 is 0 Å². The van der Waals surface area contributed by atoms with E-state index in [1.807, 2.05) is 4.90 Å². The van der Waals surface area contributed by atoms with Crippen molar-refractivity contribution in [1.29, 1.82) is 0 Å². The van der Waals surface area contributed by atoms with Crippen LogP contribution in [-0.4, -0.2) is 43.8 Å². The van der Waals surface area contributed by atoms with Gasteiger partial charge in [0.15, 0.2) is 5.82 Å². The van der Waals surface area contributed by atoms with Gasteiger partial charge in [0.25, 0.3) is 5.91 Å². The summed E-state index contributed by atoms with van der Waals surface area (Å²) in [6.45, 7) is 3.16. The molecule has 1 aliphatic heterocycles. The highest BCUT2D eigenvalue weighted by Crippen LogP contribution is 2.26. The summed E-state index contributed by atoms with van der Waals surface area (Å²) in [4.78, 5) is 18.5. The molecule has 2 aromatic rings. The summed E-state index contributed by atoms with van der Waals surface area (Å²) in [5.74, 6) is 1.35. The van der Waals surface area contributed by atoms with E-state index in [4.69, 9.17) is 4.52 Å². The van der Waals surface area contributed by atoms with Crippen LogP contribution in [0, 0.1) is 6.92 Å². The number of hydrogen-bond acceptors (Lipinski definition) is 5. The lowest BCUT2D eigenvalue weighted by atomic mass is 9.97. The van der Waals surface area contributed by atoms with E-state index < -0.39 is 0 Å². The molecule has 1 aliphatic rings. The fraction of sp³-hybridized carbons (Fsp3) is 0.538. The predicted molar refractivity (Wildman–Crippen MR) is 70.1 cm³/mol. The Morgan fingerprint density at radius 2 is 2.35 bits per heavy atom. The molecule has 0 radical (unpaired) electrons. The van der Waals surface area contributed by atoms with Crippen LogP contribution in [0.4, 0.5) is 0 Å². The second-order valence-corrected chi connectivity index (χ2v) is 5.14. The average molecular weight is 275 g/mol. The molecule has 106 valence electrons. The van der Waals surface area contributed by atoms with E-state index in [-0.39, 0.29) is 11.8 Å². The fourth-order valence-electron chi connectivity index (χ4n) is 2.53. The molecule has 0 bridgehead atoms. The molecule has 0 N–H and O–H groups in total. The smallest absolute Gasteiger partial charge is 0.274 e. The van der Waals surface area contributed by atoms with Crippen LogP contribution in [0.5, 0.6) is 0 Å². The van der Waals surface area contributed by atoms with Gasteiger partial charge in [0.2, 0.25) is 5.89 Å². The van der Waals surface area contributed by atoms with Gasteiger partial charge >= 0.3 is 0 Å². The second-order valence-electron chi connectivity index (χ2n) is 5.14. The van der Waals surface area contributed by atoms with Crippen molar-refractivity contribution in [1.82, 2.24) is 24.8 Å². The molecule has 0 aromatic carbocycles. The summed E-state index contributed by atoms with van der Waals surface area (Å²) < 4.78 is 6.86. The van der Waals surface area contributed by atoms with E-state index in [1.165, 1.54) is 0 Å². The maximum absolute atomic E-state index is 12.4. The molecule has 7 nitrogen and oxygen atoms in total. The van der Waals surface area contributed by atoms with Gasteiger partial charge in [-0.05, 0) is 25.8 Å². The Balaban J connectivity index is 1.73. The first-order chi connectivity index (χ1) is 9.63. The van der Waals surface area contributed by atoms with Gasteiger partial charge in [-0.3, -0.25) is 9.48 Å². The Hall–Kier alpha value is -2.18. The maximum atomic E-state index is 12.4. The quantitative estimate of drug-likeness (QED) is 0.821. The molecule has 2 aromatic heterocycles. The topological polar surface area (TPSA) is 77.0 Å². The normalized spacial score (nSPS) is 19.3. The number of aromatic nitrogens is 4. The lowest BCUT2D eigenvalue weighted by molar-refractivity contribution is 0.0689. The molecule has 0 spiro atoms. The van der Waals surface area contributed by atoms with E-state index in [0.717, 1.165) is 19.4 Å². The van der Waals surface area contributed by atoms with Gasteiger partial charge in [0, 0.05) is 26.3 Å². The SMILES string of the molecule is Cc1noc([C@H]2CCCN(C(=O)c3ccn(C)n3)C2)n1. The number of carbonyl (C=O) groups excluding carboxylic acids is 1. The van der Waals surface area contributed by atoms with Gasteiger partial charge in [-0.1, -0.05) is 5.16 Å². The van der Waals surface area contributed by atoms with Crippen LogP contribution in [-0.2, 0) is 7.05 Å². The number of aryl methyl sites for hydroxylation is 2. The van der Waals surface area contributed by atoms with Gasteiger partial charge in [-0.15, -0.1) is 0 Å². The summed E-state index contributed by atoms with van der Waals surface area (Å²) >= 11 is 0. The van der Waals surface area contributed by atoms with Crippen molar-refractivity contribution in [3.63, 3.8) is 0 Å². The van der Waals surface area contributed by atoms with Crippen molar-refractivity contribution in [2.75, 3.05) is 13.1 Å². The molecule has 3 rings (SSSR count). The first-order valence-electron chi connectivity index (χ1n) is 6.72. The van der Waals surface area contributed by atoms with Crippen molar-refractivity contribution in [2.24, 2.45) is 7.05 Å². The minimum absolute atomic E-state index is 0.0356. The van der Waals surface area contributed by atoms with E-state index >= 15 is 0 Å². The summed E-state index contributed by atoms with van der Waals surface area (Å²) in [7, 11) is 1.80. The summed E-state index contributed by atoms with van der Waals surface area (Å²) in [5, 5.41) is 7.98. The molecule has 3 heterocycles. The number of carbonyl (C=O) groups is 1. The van der Waals surface area contributed by atoms with Gasteiger partial charge in [0.1, 0.15) is 5.69 Å². The van der Waals surface area contributed by atoms with Gasteiger partial charge < -0.3 is 9.42 Å². The van der Waals surface area contributed by atoms with Crippen molar-refractivity contribution >= 4 is 5.91 Å². The molecule has 1 atom stereocenters. The van der Waals surface area contributed by atoms with Gasteiger partial charge in [-0.2, -0.15) is 10.1 Å². The van der Waals surface area contributed by atoms with Gasteiger partial charge in [-0.25, -0.2) is 0 Å². The van der Waals surface area contributed by atoms with E-state index in [2.05, 4.69) is 15.2 Å². The molecule has 1 amide bonds.